The molecule has 0 bridgehead atoms. The van der Waals surface area contributed by atoms with Crippen LogP contribution in [0.25, 0.3) is 0 Å². The average molecular weight is 192 g/mol. The minimum atomic E-state index is 0.219. The zero-order valence-electron chi connectivity index (χ0n) is 9.58. The summed E-state index contributed by atoms with van der Waals surface area (Å²) >= 11 is 0. The van der Waals surface area contributed by atoms with Crippen molar-refractivity contribution >= 4 is 0 Å². The first kappa shape index (κ1) is 11.3. The summed E-state index contributed by atoms with van der Waals surface area (Å²) in [6.45, 7) is 6.71. The van der Waals surface area contributed by atoms with Crippen LogP contribution in [-0.4, -0.2) is 7.11 Å². The van der Waals surface area contributed by atoms with E-state index in [1.54, 1.807) is 7.11 Å². The van der Waals surface area contributed by atoms with Crippen LogP contribution in [-0.2, 0) is 4.74 Å². The average Bonchev–Trinajstić information content (AvgIpc) is 2.14. The van der Waals surface area contributed by atoms with E-state index in [0.717, 1.165) is 6.42 Å². The third-order valence-corrected chi connectivity index (χ3v) is 2.25. The second-order valence-corrected chi connectivity index (χ2v) is 4.90. The first-order valence-corrected chi connectivity index (χ1v) is 5.11. The molecule has 0 fully saturated rings. The van der Waals surface area contributed by atoms with Gasteiger partial charge in [-0.05, 0) is 17.4 Å². The molecule has 1 atom stereocenters. The highest BCUT2D eigenvalue weighted by molar-refractivity contribution is 5.17. The van der Waals surface area contributed by atoms with Crippen LogP contribution in [0.2, 0.25) is 0 Å². The molecule has 1 aromatic rings. The molecule has 14 heavy (non-hydrogen) atoms. The van der Waals surface area contributed by atoms with Crippen molar-refractivity contribution in [2.75, 3.05) is 7.11 Å². The lowest BCUT2D eigenvalue weighted by atomic mass is 9.87. The molecular formula is C13H20O. The second-order valence-electron chi connectivity index (χ2n) is 4.90. The maximum Gasteiger partial charge on any atom is 0.0826 e. The van der Waals surface area contributed by atoms with Crippen LogP contribution in [0.1, 0.15) is 38.9 Å². The number of benzene rings is 1. The molecule has 1 heteroatoms. The number of hydrogen-bond acceptors (Lipinski definition) is 1. The summed E-state index contributed by atoms with van der Waals surface area (Å²) in [5.74, 6) is 0. The van der Waals surface area contributed by atoms with Crippen LogP contribution < -0.4 is 0 Å². The van der Waals surface area contributed by atoms with Crippen molar-refractivity contribution in [3.8, 4) is 0 Å². The Labute approximate surface area is 87.1 Å². The van der Waals surface area contributed by atoms with Gasteiger partial charge in [-0.1, -0.05) is 51.1 Å². The predicted octanol–water partition coefficient (Wildman–Crippen LogP) is 3.81. The molecule has 78 valence electrons. The Hall–Kier alpha value is -0.820. The molecule has 1 rings (SSSR count). The van der Waals surface area contributed by atoms with Crippen LogP contribution in [0.15, 0.2) is 30.3 Å². The normalized spacial score (nSPS) is 14.0. The Morgan fingerprint density at radius 3 is 2.14 bits per heavy atom. The summed E-state index contributed by atoms with van der Waals surface area (Å²) in [5.41, 5.74) is 1.57. The van der Waals surface area contributed by atoms with Crippen molar-refractivity contribution in [2.24, 2.45) is 5.41 Å². The van der Waals surface area contributed by atoms with Crippen LogP contribution in [0.4, 0.5) is 0 Å². The summed E-state index contributed by atoms with van der Waals surface area (Å²) in [7, 11) is 1.78. The highest BCUT2D eigenvalue weighted by Crippen LogP contribution is 2.31. The number of rotatable bonds is 3. The second kappa shape index (κ2) is 4.61. The van der Waals surface area contributed by atoms with Gasteiger partial charge in [-0.2, -0.15) is 0 Å². The van der Waals surface area contributed by atoms with Gasteiger partial charge in [-0.3, -0.25) is 0 Å². The Morgan fingerprint density at radius 1 is 1.14 bits per heavy atom. The van der Waals surface area contributed by atoms with Crippen LogP contribution in [0, 0.1) is 5.41 Å². The van der Waals surface area contributed by atoms with Gasteiger partial charge in [-0.25, -0.2) is 0 Å². The van der Waals surface area contributed by atoms with Gasteiger partial charge in [0, 0.05) is 7.11 Å². The topological polar surface area (TPSA) is 9.23 Å². The van der Waals surface area contributed by atoms with Gasteiger partial charge in [0.15, 0.2) is 0 Å². The molecule has 1 nitrogen and oxygen atoms in total. The summed E-state index contributed by atoms with van der Waals surface area (Å²) < 4.78 is 5.51. The van der Waals surface area contributed by atoms with Crippen molar-refractivity contribution in [1.82, 2.24) is 0 Å². The summed E-state index contributed by atoms with van der Waals surface area (Å²) in [6, 6.07) is 10.4. The molecule has 1 unspecified atom stereocenters. The quantitative estimate of drug-likeness (QED) is 0.707. The Kier molecular flexibility index (Phi) is 3.70. The van der Waals surface area contributed by atoms with Gasteiger partial charge in [0.2, 0.25) is 0 Å². The van der Waals surface area contributed by atoms with E-state index >= 15 is 0 Å². The fourth-order valence-corrected chi connectivity index (χ4v) is 1.56. The molecule has 0 heterocycles. The van der Waals surface area contributed by atoms with Crippen molar-refractivity contribution < 1.29 is 4.74 Å². The lowest BCUT2D eigenvalue weighted by Gasteiger charge is -2.25. The molecule has 1 aromatic carbocycles. The highest BCUT2D eigenvalue weighted by Gasteiger charge is 2.19. The SMILES string of the molecule is COC(CC(C)(C)C)c1ccccc1. The smallest absolute Gasteiger partial charge is 0.0826 e. The summed E-state index contributed by atoms with van der Waals surface area (Å²) in [4.78, 5) is 0. The lowest BCUT2D eigenvalue weighted by molar-refractivity contribution is 0.0659. The van der Waals surface area contributed by atoms with E-state index in [1.165, 1.54) is 5.56 Å². The molecule has 0 saturated carbocycles. The zero-order valence-corrected chi connectivity index (χ0v) is 9.58. The molecule has 0 aliphatic heterocycles. The van der Waals surface area contributed by atoms with E-state index in [-0.39, 0.29) is 6.10 Å². The number of hydrogen-bond donors (Lipinski definition) is 0. The molecule has 0 radical (unpaired) electrons. The van der Waals surface area contributed by atoms with Gasteiger partial charge in [0.25, 0.3) is 0 Å². The minimum absolute atomic E-state index is 0.219. The van der Waals surface area contributed by atoms with Crippen molar-refractivity contribution in [3.63, 3.8) is 0 Å². The Bertz CT molecular complexity index is 258. The van der Waals surface area contributed by atoms with Gasteiger partial charge in [-0.15, -0.1) is 0 Å². The minimum Gasteiger partial charge on any atom is -0.377 e. The molecular weight excluding hydrogens is 172 g/mol. The van der Waals surface area contributed by atoms with Crippen molar-refractivity contribution in [2.45, 2.75) is 33.3 Å². The van der Waals surface area contributed by atoms with E-state index in [9.17, 15) is 0 Å². The number of ether oxygens (including phenoxy) is 1. The van der Waals surface area contributed by atoms with E-state index in [1.807, 2.05) is 6.07 Å². The van der Waals surface area contributed by atoms with Crippen molar-refractivity contribution in [1.29, 1.82) is 0 Å². The molecule has 0 amide bonds. The third-order valence-electron chi connectivity index (χ3n) is 2.25. The first-order chi connectivity index (χ1) is 6.53. The fraction of sp³-hybridized carbons (Fsp3) is 0.538. The molecule has 0 saturated heterocycles. The Morgan fingerprint density at radius 2 is 1.71 bits per heavy atom. The van der Waals surface area contributed by atoms with Crippen molar-refractivity contribution in [3.05, 3.63) is 35.9 Å². The van der Waals surface area contributed by atoms with E-state index in [0.29, 0.717) is 5.41 Å². The van der Waals surface area contributed by atoms with E-state index in [4.69, 9.17) is 4.74 Å². The number of methoxy groups -OCH3 is 1. The molecule has 0 aliphatic rings. The van der Waals surface area contributed by atoms with Crippen LogP contribution >= 0.6 is 0 Å². The highest BCUT2D eigenvalue weighted by atomic mass is 16.5. The summed E-state index contributed by atoms with van der Waals surface area (Å²) in [6.07, 6.45) is 1.27. The predicted molar refractivity (Wildman–Crippen MR) is 60.3 cm³/mol. The first-order valence-electron chi connectivity index (χ1n) is 5.11. The Balaban J connectivity index is 2.73. The van der Waals surface area contributed by atoms with Gasteiger partial charge in [0.1, 0.15) is 0 Å². The fourth-order valence-electron chi connectivity index (χ4n) is 1.56. The standard InChI is InChI=1S/C13H20O/c1-13(2,3)10-12(14-4)11-8-6-5-7-9-11/h5-9,12H,10H2,1-4H3. The largest absolute Gasteiger partial charge is 0.377 e. The molecule has 0 N–H and O–H groups in total. The zero-order chi connectivity index (χ0) is 10.6. The monoisotopic (exact) mass is 192 g/mol. The van der Waals surface area contributed by atoms with E-state index in [2.05, 4.69) is 45.0 Å². The molecule has 0 aliphatic carbocycles. The van der Waals surface area contributed by atoms with Gasteiger partial charge < -0.3 is 4.74 Å². The maximum atomic E-state index is 5.51. The van der Waals surface area contributed by atoms with Crippen LogP contribution in [0.5, 0.6) is 0 Å². The van der Waals surface area contributed by atoms with Gasteiger partial charge in [0.05, 0.1) is 6.10 Å². The van der Waals surface area contributed by atoms with Gasteiger partial charge >= 0.3 is 0 Å². The molecule has 0 spiro atoms. The maximum absolute atomic E-state index is 5.51. The molecule has 0 aromatic heterocycles. The lowest BCUT2D eigenvalue weighted by Crippen LogP contribution is -2.13. The van der Waals surface area contributed by atoms with E-state index < -0.39 is 0 Å². The third kappa shape index (κ3) is 3.51. The van der Waals surface area contributed by atoms with Crippen LogP contribution in [0.3, 0.4) is 0 Å². The summed E-state index contributed by atoms with van der Waals surface area (Å²) in [5, 5.41) is 0.